The Kier molecular flexibility index (Phi) is 2.70. The van der Waals surface area contributed by atoms with Gasteiger partial charge in [-0.1, -0.05) is 25.1 Å². The molecule has 1 unspecified atom stereocenters. The third-order valence-corrected chi connectivity index (χ3v) is 3.74. The molecular formula is C13H20N2. The van der Waals surface area contributed by atoms with Crippen molar-refractivity contribution in [2.45, 2.75) is 32.2 Å². The van der Waals surface area contributed by atoms with Gasteiger partial charge in [0.1, 0.15) is 0 Å². The molecule has 2 N–H and O–H groups in total. The fraction of sp³-hybridized carbons (Fsp3) is 0.538. The summed E-state index contributed by atoms with van der Waals surface area (Å²) < 4.78 is 0. The number of benzene rings is 1. The van der Waals surface area contributed by atoms with Crippen molar-refractivity contribution in [3.05, 3.63) is 29.8 Å². The number of fused-ring (bicyclic) bond motifs is 1. The third-order valence-electron chi connectivity index (χ3n) is 3.74. The van der Waals surface area contributed by atoms with Crippen LogP contribution in [0.5, 0.6) is 0 Å². The molecule has 1 aromatic rings. The second-order valence-electron chi connectivity index (χ2n) is 4.58. The lowest BCUT2D eigenvalue weighted by Crippen LogP contribution is -2.50. The number of rotatable bonds is 3. The number of hydrogen-bond acceptors (Lipinski definition) is 2. The summed E-state index contributed by atoms with van der Waals surface area (Å²) in [4.78, 5) is 2.47. The van der Waals surface area contributed by atoms with Crippen LogP contribution in [0.2, 0.25) is 0 Å². The van der Waals surface area contributed by atoms with Crippen LogP contribution in [0.3, 0.4) is 0 Å². The van der Waals surface area contributed by atoms with Crippen LogP contribution in [-0.4, -0.2) is 18.6 Å². The first-order chi connectivity index (χ1) is 7.21. The van der Waals surface area contributed by atoms with Gasteiger partial charge in [0.2, 0.25) is 0 Å². The molecule has 1 aliphatic rings. The summed E-state index contributed by atoms with van der Waals surface area (Å²) in [6.07, 6.45) is 2.25. The summed E-state index contributed by atoms with van der Waals surface area (Å²) in [6, 6.07) is 8.67. The van der Waals surface area contributed by atoms with E-state index < -0.39 is 0 Å². The van der Waals surface area contributed by atoms with E-state index in [2.05, 4.69) is 43.0 Å². The molecule has 0 fully saturated rings. The minimum atomic E-state index is 0.118. The van der Waals surface area contributed by atoms with Crippen LogP contribution >= 0.6 is 0 Å². The number of para-hydroxylation sites is 1. The molecule has 2 heteroatoms. The molecule has 0 spiro atoms. The second-order valence-corrected chi connectivity index (χ2v) is 4.58. The van der Waals surface area contributed by atoms with Crippen LogP contribution in [0.4, 0.5) is 5.69 Å². The lowest BCUT2D eigenvalue weighted by molar-refractivity contribution is 0.425. The molecule has 0 aromatic heterocycles. The van der Waals surface area contributed by atoms with Crippen LogP contribution in [0, 0.1) is 0 Å². The van der Waals surface area contributed by atoms with E-state index in [0.29, 0.717) is 0 Å². The number of anilines is 1. The summed E-state index contributed by atoms with van der Waals surface area (Å²) in [5.41, 5.74) is 8.88. The molecule has 2 rings (SSSR count). The van der Waals surface area contributed by atoms with Gasteiger partial charge >= 0.3 is 0 Å². The van der Waals surface area contributed by atoms with E-state index in [9.17, 15) is 0 Å². The summed E-state index contributed by atoms with van der Waals surface area (Å²) in [7, 11) is 0. The molecule has 0 amide bonds. The van der Waals surface area contributed by atoms with E-state index in [-0.39, 0.29) is 5.54 Å². The molecule has 0 saturated heterocycles. The predicted molar refractivity (Wildman–Crippen MR) is 65.2 cm³/mol. The van der Waals surface area contributed by atoms with E-state index in [1.165, 1.54) is 11.3 Å². The van der Waals surface area contributed by atoms with E-state index in [0.717, 1.165) is 25.9 Å². The maximum absolute atomic E-state index is 5.91. The highest BCUT2D eigenvalue weighted by molar-refractivity contribution is 5.59. The molecule has 1 aromatic carbocycles. The van der Waals surface area contributed by atoms with Crippen LogP contribution in [-0.2, 0) is 6.42 Å². The van der Waals surface area contributed by atoms with Gasteiger partial charge in [0.05, 0.1) is 0 Å². The first kappa shape index (κ1) is 10.5. The summed E-state index contributed by atoms with van der Waals surface area (Å²) >= 11 is 0. The van der Waals surface area contributed by atoms with Gasteiger partial charge in [-0.2, -0.15) is 0 Å². The maximum atomic E-state index is 5.91. The van der Waals surface area contributed by atoms with Gasteiger partial charge in [0, 0.05) is 24.3 Å². The summed E-state index contributed by atoms with van der Waals surface area (Å²) in [5, 5.41) is 0. The number of nitrogens with zero attached hydrogens (tertiary/aromatic N) is 1. The van der Waals surface area contributed by atoms with Crippen molar-refractivity contribution >= 4 is 5.69 Å². The lowest BCUT2D eigenvalue weighted by atomic mass is 9.96. The molecule has 0 bridgehead atoms. The van der Waals surface area contributed by atoms with Crippen molar-refractivity contribution in [3.8, 4) is 0 Å². The Labute approximate surface area is 92.1 Å². The van der Waals surface area contributed by atoms with Gasteiger partial charge in [-0.05, 0) is 31.4 Å². The Hall–Kier alpha value is -1.02. The van der Waals surface area contributed by atoms with Crippen LogP contribution in [0.25, 0.3) is 0 Å². The smallest absolute Gasteiger partial charge is 0.0493 e. The largest absolute Gasteiger partial charge is 0.364 e. The monoisotopic (exact) mass is 204 g/mol. The van der Waals surface area contributed by atoms with Crippen LogP contribution in [0.1, 0.15) is 25.8 Å². The average Bonchev–Trinajstić information content (AvgIpc) is 2.72. The minimum absolute atomic E-state index is 0.118. The predicted octanol–water partition coefficient (Wildman–Crippen LogP) is 2.18. The first-order valence-corrected chi connectivity index (χ1v) is 5.77. The molecular weight excluding hydrogens is 184 g/mol. The standard InChI is InChI=1S/C13H20N2/c1-3-13(2,10-14)15-9-8-11-6-4-5-7-12(11)15/h4-7H,3,8-10,14H2,1-2H3. The Bertz CT molecular complexity index is 342. The molecule has 2 nitrogen and oxygen atoms in total. The van der Waals surface area contributed by atoms with Crippen LogP contribution < -0.4 is 10.6 Å². The molecule has 1 heterocycles. The molecule has 82 valence electrons. The highest BCUT2D eigenvalue weighted by Gasteiger charge is 2.32. The van der Waals surface area contributed by atoms with Crippen molar-refractivity contribution in [1.29, 1.82) is 0 Å². The zero-order chi connectivity index (χ0) is 10.9. The van der Waals surface area contributed by atoms with Crippen molar-refractivity contribution in [1.82, 2.24) is 0 Å². The minimum Gasteiger partial charge on any atom is -0.364 e. The van der Waals surface area contributed by atoms with E-state index in [1.807, 2.05) is 0 Å². The summed E-state index contributed by atoms with van der Waals surface area (Å²) in [5.74, 6) is 0. The highest BCUT2D eigenvalue weighted by atomic mass is 15.2. The van der Waals surface area contributed by atoms with Crippen LogP contribution in [0.15, 0.2) is 24.3 Å². The van der Waals surface area contributed by atoms with Gasteiger partial charge in [-0.15, -0.1) is 0 Å². The topological polar surface area (TPSA) is 29.3 Å². The SMILES string of the molecule is CCC(C)(CN)N1CCc2ccccc21. The molecule has 15 heavy (non-hydrogen) atoms. The Balaban J connectivity index is 2.34. The molecule has 0 radical (unpaired) electrons. The fourth-order valence-corrected chi connectivity index (χ4v) is 2.34. The Morgan fingerprint density at radius 1 is 1.40 bits per heavy atom. The third kappa shape index (κ3) is 1.63. The normalized spacial score (nSPS) is 18.7. The van der Waals surface area contributed by atoms with Crippen molar-refractivity contribution in [2.75, 3.05) is 18.0 Å². The summed E-state index contributed by atoms with van der Waals surface area (Å²) in [6.45, 7) is 6.31. The zero-order valence-electron chi connectivity index (χ0n) is 9.66. The van der Waals surface area contributed by atoms with Gasteiger partial charge < -0.3 is 10.6 Å². The average molecular weight is 204 g/mol. The van der Waals surface area contributed by atoms with Gasteiger partial charge in [0.25, 0.3) is 0 Å². The Morgan fingerprint density at radius 2 is 2.13 bits per heavy atom. The Morgan fingerprint density at radius 3 is 2.80 bits per heavy atom. The molecule has 1 atom stereocenters. The van der Waals surface area contributed by atoms with E-state index >= 15 is 0 Å². The van der Waals surface area contributed by atoms with Crippen molar-refractivity contribution in [2.24, 2.45) is 5.73 Å². The molecule has 0 saturated carbocycles. The van der Waals surface area contributed by atoms with E-state index in [1.54, 1.807) is 0 Å². The van der Waals surface area contributed by atoms with E-state index in [4.69, 9.17) is 5.73 Å². The molecule has 0 aliphatic carbocycles. The first-order valence-electron chi connectivity index (χ1n) is 5.77. The van der Waals surface area contributed by atoms with Gasteiger partial charge in [-0.3, -0.25) is 0 Å². The lowest BCUT2D eigenvalue weighted by Gasteiger charge is -2.39. The maximum Gasteiger partial charge on any atom is 0.0493 e. The second kappa shape index (κ2) is 3.86. The number of hydrogen-bond donors (Lipinski definition) is 1. The zero-order valence-corrected chi connectivity index (χ0v) is 9.66. The molecule has 1 aliphatic heterocycles. The quantitative estimate of drug-likeness (QED) is 0.817. The van der Waals surface area contributed by atoms with Crippen molar-refractivity contribution < 1.29 is 0 Å². The van der Waals surface area contributed by atoms with Gasteiger partial charge in [0.15, 0.2) is 0 Å². The van der Waals surface area contributed by atoms with Gasteiger partial charge in [-0.25, -0.2) is 0 Å². The van der Waals surface area contributed by atoms with Crippen molar-refractivity contribution in [3.63, 3.8) is 0 Å². The fourth-order valence-electron chi connectivity index (χ4n) is 2.34. The number of nitrogens with two attached hydrogens (primary N) is 1. The highest BCUT2D eigenvalue weighted by Crippen LogP contribution is 2.34.